The van der Waals surface area contributed by atoms with Crippen molar-refractivity contribution < 1.29 is 9.90 Å². The maximum Gasteiger partial charge on any atom is 0.259 e. The molecule has 19 heavy (non-hydrogen) atoms. The van der Waals surface area contributed by atoms with Crippen molar-refractivity contribution in [2.45, 2.75) is 13.8 Å². The number of benzene rings is 2. The molecule has 4 heteroatoms. The molecule has 2 rings (SSSR count). The monoisotopic (exact) mass is 275 g/mol. The molecule has 1 amide bonds. The van der Waals surface area contributed by atoms with Crippen LogP contribution >= 0.6 is 11.6 Å². The molecule has 0 fully saturated rings. The lowest BCUT2D eigenvalue weighted by atomic mass is 10.1. The number of amides is 1. The molecule has 0 aromatic heterocycles. The van der Waals surface area contributed by atoms with Gasteiger partial charge in [0.05, 0.1) is 5.56 Å². The van der Waals surface area contributed by atoms with Crippen molar-refractivity contribution in [1.29, 1.82) is 0 Å². The Balaban J connectivity index is 2.28. The van der Waals surface area contributed by atoms with E-state index in [0.29, 0.717) is 5.02 Å². The van der Waals surface area contributed by atoms with Gasteiger partial charge in [0.25, 0.3) is 5.91 Å². The first-order valence-electron chi connectivity index (χ1n) is 5.85. The highest BCUT2D eigenvalue weighted by Gasteiger charge is 2.12. The van der Waals surface area contributed by atoms with Gasteiger partial charge in [0.1, 0.15) is 5.75 Å². The average Bonchev–Trinajstić information content (AvgIpc) is 2.34. The minimum Gasteiger partial charge on any atom is -0.507 e. The smallest absolute Gasteiger partial charge is 0.259 e. The van der Waals surface area contributed by atoms with Crippen molar-refractivity contribution >= 4 is 23.2 Å². The predicted molar refractivity (Wildman–Crippen MR) is 77.0 cm³/mol. The number of rotatable bonds is 2. The van der Waals surface area contributed by atoms with E-state index in [1.54, 1.807) is 6.07 Å². The number of phenols is 1. The van der Waals surface area contributed by atoms with Crippen LogP contribution in [0.2, 0.25) is 5.02 Å². The minimum atomic E-state index is -0.358. The largest absolute Gasteiger partial charge is 0.507 e. The van der Waals surface area contributed by atoms with Gasteiger partial charge >= 0.3 is 0 Å². The summed E-state index contributed by atoms with van der Waals surface area (Å²) in [6, 6.07) is 10.1. The normalized spacial score (nSPS) is 10.3. The standard InChI is InChI=1S/C15H14ClNO2/c1-9-4-3-5-13(10(9)2)17-15(19)12-7-6-11(16)8-14(12)18/h3-8,18H,1-2H3,(H,17,19). The highest BCUT2D eigenvalue weighted by atomic mass is 35.5. The molecule has 2 aromatic carbocycles. The van der Waals surface area contributed by atoms with Crippen LogP contribution in [-0.2, 0) is 0 Å². The van der Waals surface area contributed by atoms with E-state index in [2.05, 4.69) is 5.32 Å². The van der Waals surface area contributed by atoms with Gasteiger partial charge in [-0.3, -0.25) is 4.79 Å². The van der Waals surface area contributed by atoms with Crippen LogP contribution in [0.25, 0.3) is 0 Å². The van der Waals surface area contributed by atoms with Gasteiger partial charge in [-0.1, -0.05) is 23.7 Å². The van der Waals surface area contributed by atoms with Gasteiger partial charge in [-0.05, 0) is 49.2 Å². The van der Waals surface area contributed by atoms with Crippen molar-refractivity contribution in [3.63, 3.8) is 0 Å². The summed E-state index contributed by atoms with van der Waals surface area (Å²) in [4.78, 5) is 12.1. The molecule has 0 spiro atoms. The van der Waals surface area contributed by atoms with Crippen LogP contribution in [0.1, 0.15) is 21.5 Å². The van der Waals surface area contributed by atoms with E-state index in [9.17, 15) is 9.90 Å². The average molecular weight is 276 g/mol. The van der Waals surface area contributed by atoms with Crippen LogP contribution in [0.5, 0.6) is 5.75 Å². The van der Waals surface area contributed by atoms with E-state index in [0.717, 1.165) is 16.8 Å². The summed E-state index contributed by atoms with van der Waals surface area (Å²) in [5.41, 5.74) is 3.03. The Labute approximate surface area is 116 Å². The molecule has 0 bridgehead atoms. The molecule has 98 valence electrons. The SMILES string of the molecule is Cc1cccc(NC(=O)c2ccc(Cl)cc2O)c1C. The number of hydrogen-bond acceptors (Lipinski definition) is 2. The Hall–Kier alpha value is -2.00. The maximum atomic E-state index is 12.1. The number of carbonyl (C=O) groups is 1. The van der Waals surface area contributed by atoms with Gasteiger partial charge in [-0.2, -0.15) is 0 Å². The first kappa shape index (κ1) is 13.4. The molecule has 0 aliphatic rings. The summed E-state index contributed by atoms with van der Waals surface area (Å²) in [6.45, 7) is 3.91. The zero-order valence-electron chi connectivity index (χ0n) is 10.7. The van der Waals surface area contributed by atoms with Gasteiger partial charge in [0.2, 0.25) is 0 Å². The topological polar surface area (TPSA) is 49.3 Å². The van der Waals surface area contributed by atoms with E-state index < -0.39 is 0 Å². The van der Waals surface area contributed by atoms with Gasteiger partial charge in [-0.15, -0.1) is 0 Å². The third-order valence-electron chi connectivity index (χ3n) is 3.06. The number of anilines is 1. The Bertz CT molecular complexity index is 638. The second-order valence-corrected chi connectivity index (χ2v) is 4.80. The molecule has 0 radical (unpaired) electrons. The van der Waals surface area contributed by atoms with Crippen LogP contribution < -0.4 is 5.32 Å². The zero-order chi connectivity index (χ0) is 14.0. The second-order valence-electron chi connectivity index (χ2n) is 4.36. The molecule has 0 aliphatic heterocycles. The number of halogens is 1. The molecule has 0 atom stereocenters. The predicted octanol–water partition coefficient (Wildman–Crippen LogP) is 3.91. The molecule has 0 unspecified atom stereocenters. The van der Waals surface area contributed by atoms with Crippen LogP contribution in [0.4, 0.5) is 5.69 Å². The maximum absolute atomic E-state index is 12.1. The molecular formula is C15H14ClNO2. The fourth-order valence-electron chi connectivity index (χ4n) is 1.77. The van der Waals surface area contributed by atoms with Crippen LogP contribution in [0.3, 0.4) is 0 Å². The van der Waals surface area contributed by atoms with E-state index in [1.807, 2.05) is 32.0 Å². The molecule has 3 nitrogen and oxygen atoms in total. The third-order valence-corrected chi connectivity index (χ3v) is 3.29. The molecule has 2 aromatic rings. The van der Waals surface area contributed by atoms with Gasteiger partial charge < -0.3 is 10.4 Å². The van der Waals surface area contributed by atoms with Crippen molar-refractivity contribution in [3.8, 4) is 5.75 Å². The molecule has 2 N–H and O–H groups in total. The molecular weight excluding hydrogens is 262 g/mol. The molecule has 0 aliphatic carbocycles. The van der Waals surface area contributed by atoms with E-state index in [-0.39, 0.29) is 17.2 Å². The van der Waals surface area contributed by atoms with Crippen LogP contribution in [0, 0.1) is 13.8 Å². The fourth-order valence-corrected chi connectivity index (χ4v) is 1.94. The fraction of sp³-hybridized carbons (Fsp3) is 0.133. The quantitative estimate of drug-likeness (QED) is 0.873. The summed E-state index contributed by atoms with van der Waals surface area (Å²) >= 11 is 5.74. The Kier molecular flexibility index (Phi) is 3.76. The lowest BCUT2D eigenvalue weighted by molar-refractivity contribution is 0.102. The molecule has 0 saturated carbocycles. The van der Waals surface area contributed by atoms with Gasteiger partial charge in [0, 0.05) is 10.7 Å². The highest BCUT2D eigenvalue weighted by Crippen LogP contribution is 2.24. The van der Waals surface area contributed by atoms with Crippen molar-refractivity contribution in [2.75, 3.05) is 5.32 Å². The second kappa shape index (κ2) is 5.33. The van der Waals surface area contributed by atoms with Crippen LogP contribution in [0.15, 0.2) is 36.4 Å². The van der Waals surface area contributed by atoms with Crippen molar-refractivity contribution in [1.82, 2.24) is 0 Å². The first-order chi connectivity index (χ1) is 8.99. The number of hydrogen-bond donors (Lipinski definition) is 2. The lowest BCUT2D eigenvalue weighted by Gasteiger charge is -2.11. The van der Waals surface area contributed by atoms with Crippen molar-refractivity contribution in [2.24, 2.45) is 0 Å². The Morgan fingerprint density at radius 3 is 2.63 bits per heavy atom. The number of aromatic hydroxyl groups is 1. The molecule has 0 heterocycles. The first-order valence-corrected chi connectivity index (χ1v) is 6.23. The number of carbonyl (C=O) groups excluding carboxylic acids is 1. The van der Waals surface area contributed by atoms with Crippen molar-refractivity contribution in [3.05, 3.63) is 58.1 Å². The van der Waals surface area contributed by atoms with E-state index in [1.165, 1.54) is 12.1 Å². The molecule has 0 saturated heterocycles. The Morgan fingerprint density at radius 1 is 1.21 bits per heavy atom. The minimum absolute atomic E-state index is 0.129. The van der Waals surface area contributed by atoms with Gasteiger partial charge in [0.15, 0.2) is 0 Å². The number of aryl methyl sites for hydroxylation is 1. The Morgan fingerprint density at radius 2 is 1.95 bits per heavy atom. The summed E-state index contributed by atoms with van der Waals surface area (Å²) in [5.74, 6) is -0.488. The summed E-state index contributed by atoms with van der Waals surface area (Å²) in [7, 11) is 0. The van der Waals surface area contributed by atoms with Crippen LogP contribution in [-0.4, -0.2) is 11.0 Å². The van der Waals surface area contributed by atoms with Gasteiger partial charge in [-0.25, -0.2) is 0 Å². The summed E-state index contributed by atoms with van der Waals surface area (Å²) in [6.07, 6.45) is 0. The van der Waals surface area contributed by atoms with E-state index >= 15 is 0 Å². The summed E-state index contributed by atoms with van der Waals surface area (Å²) in [5, 5.41) is 12.9. The number of phenolic OH excluding ortho intramolecular Hbond substituents is 1. The highest BCUT2D eigenvalue weighted by molar-refractivity contribution is 6.31. The third kappa shape index (κ3) is 2.88. The summed E-state index contributed by atoms with van der Waals surface area (Å²) < 4.78 is 0. The zero-order valence-corrected chi connectivity index (χ0v) is 11.5. The van der Waals surface area contributed by atoms with E-state index in [4.69, 9.17) is 11.6 Å². The lowest BCUT2D eigenvalue weighted by Crippen LogP contribution is -2.13. The number of nitrogens with one attached hydrogen (secondary N) is 1.